The van der Waals surface area contributed by atoms with Gasteiger partial charge in [-0.15, -0.1) is 11.3 Å². The van der Waals surface area contributed by atoms with Gasteiger partial charge in [-0.25, -0.2) is 4.98 Å². The van der Waals surface area contributed by atoms with Gasteiger partial charge in [0.1, 0.15) is 0 Å². The van der Waals surface area contributed by atoms with Crippen molar-refractivity contribution in [3.8, 4) is 0 Å². The van der Waals surface area contributed by atoms with Gasteiger partial charge in [0.15, 0.2) is 0 Å². The lowest BCUT2D eigenvalue weighted by atomic mass is 10.1. The Morgan fingerprint density at radius 1 is 1.56 bits per heavy atom. The summed E-state index contributed by atoms with van der Waals surface area (Å²) >= 11 is 1.93. The largest absolute Gasteiger partial charge is 0.314 e. The van der Waals surface area contributed by atoms with E-state index >= 15 is 0 Å². The molecule has 1 atom stereocenters. The number of nitrogens with one attached hydrogen (secondary N) is 1. The van der Waals surface area contributed by atoms with Crippen LogP contribution in [0.4, 0.5) is 0 Å². The Labute approximate surface area is 101 Å². The highest BCUT2D eigenvalue weighted by Gasteiger charge is 2.21. The third kappa shape index (κ3) is 2.14. The van der Waals surface area contributed by atoms with Crippen molar-refractivity contribution >= 4 is 11.3 Å². The Bertz CT molecular complexity index is 368. The maximum atomic E-state index is 4.80. The van der Waals surface area contributed by atoms with E-state index in [0.717, 1.165) is 25.9 Å². The van der Waals surface area contributed by atoms with Crippen LogP contribution in [0.1, 0.15) is 28.4 Å². The standard InChI is InChI=1S/C12H19N3S/c1-15-6-4-10-11(8-15)16-12(14-10)7-9-3-2-5-13-9/h9,13H,2-8H2,1H3. The number of likely N-dealkylation sites (N-methyl/N-ethyl adjacent to an activating group) is 1. The van der Waals surface area contributed by atoms with E-state index in [1.54, 1.807) is 0 Å². The third-order valence-electron chi connectivity index (χ3n) is 3.55. The molecule has 1 fully saturated rings. The minimum atomic E-state index is 0.685. The van der Waals surface area contributed by atoms with Crippen LogP contribution in [0.25, 0.3) is 0 Å². The van der Waals surface area contributed by atoms with Gasteiger partial charge in [-0.3, -0.25) is 0 Å². The van der Waals surface area contributed by atoms with Gasteiger partial charge >= 0.3 is 0 Å². The van der Waals surface area contributed by atoms with E-state index in [1.165, 1.54) is 35.0 Å². The molecule has 0 aliphatic carbocycles. The van der Waals surface area contributed by atoms with Crippen LogP contribution in [0.15, 0.2) is 0 Å². The number of hydrogen-bond acceptors (Lipinski definition) is 4. The van der Waals surface area contributed by atoms with Gasteiger partial charge in [0, 0.05) is 36.9 Å². The molecular weight excluding hydrogens is 218 g/mol. The average molecular weight is 237 g/mol. The number of thiazole rings is 1. The lowest BCUT2D eigenvalue weighted by Gasteiger charge is -2.20. The lowest BCUT2D eigenvalue weighted by Crippen LogP contribution is -2.25. The number of rotatable bonds is 2. The van der Waals surface area contributed by atoms with Crippen molar-refractivity contribution < 1.29 is 0 Å². The number of aromatic nitrogens is 1. The van der Waals surface area contributed by atoms with Gasteiger partial charge in [-0.2, -0.15) is 0 Å². The molecule has 1 N–H and O–H groups in total. The molecule has 4 heteroatoms. The van der Waals surface area contributed by atoms with Crippen LogP contribution < -0.4 is 5.32 Å². The number of fused-ring (bicyclic) bond motifs is 1. The molecule has 3 rings (SSSR count). The molecule has 0 bridgehead atoms. The van der Waals surface area contributed by atoms with Gasteiger partial charge in [0.05, 0.1) is 10.7 Å². The van der Waals surface area contributed by atoms with E-state index in [-0.39, 0.29) is 0 Å². The monoisotopic (exact) mass is 237 g/mol. The van der Waals surface area contributed by atoms with Crippen LogP contribution >= 0.6 is 11.3 Å². The van der Waals surface area contributed by atoms with Crippen molar-refractivity contribution in [3.05, 3.63) is 15.6 Å². The summed E-state index contributed by atoms with van der Waals surface area (Å²) in [6.07, 6.45) is 4.93. The SMILES string of the molecule is CN1CCc2nc(CC3CCCN3)sc2C1. The highest BCUT2D eigenvalue weighted by atomic mass is 32.1. The maximum absolute atomic E-state index is 4.80. The second-order valence-electron chi connectivity index (χ2n) is 4.96. The molecule has 1 aromatic heterocycles. The highest BCUT2D eigenvalue weighted by Crippen LogP contribution is 2.26. The normalized spacial score (nSPS) is 25.9. The van der Waals surface area contributed by atoms with E-state index in [4.69, 9.17) is 4.98 Å². The zero-order chi connectivity index (χ0) is 11.0. The van der Waals surface area contributed by atoms with E-state index < -0.39 is 0 Å². The Morgan fingerprint density at radius 3 is 3.31 bits per heavy atom. The minimum absolute atomic E-state index is 0.685. The van der Waals surface area contributed by atoms with Gasteiger partial charge in [0.25, 0.3) is 0 Å². The topological polar surface area (TPSA) is 28.2 Å². The average Bonchev–Trinajstić information content (AvgIpc) is 2.86. The lowest BCUT2D eigenvalue weighted by molar-refractivity contribution is 0.314. The molecule has 0 spiro atoms. The summed E-state index contributed by atoms with van der Waals surface area (Å²) in [7, 11) is 2.20. The number of nitrogens with zero attached hydrogens (tertiary/aromatic N) is 2. The molecule has 1 saturated heterocycles. The molecule has 2 aliphatic rings. The van der Waals surface area contributed by atoms with Crippen LogP contribution in [0.5, 0.6) is 0 Å². The van der Waals surface area contributed by atoms with Gasteiger partial charge in [-0.1, -0.05) is 0 Å². The summed E-state index contributed by atoms with van der Waals surface area (Å²) < 4.78 is 0. The minimum Gasteiger partial charge on any atom is -0.314 e. The number of hydrogen-bond donors (Lipinski definition) is 1. The first-order valence-corrected chi connectivity index (χ1v) is 7.02. The predicted octanol–water partition coefficient (Wildman–Crippen LogP) is 1.43. The highest BCUT2D eigenvalue weighted by molar-refractivity contribution is 7.11. The molecule has 16 heavy (non-hydrogen) atoms. The molecule has 0 aromatic carbocycles. The molecule has 88 valence electrons. The summed E-state index contributed by atoms with van der Waals surface area (Å²) in [6, 6.07) is 0.685. The fourth-order valence-electron chi connectivity index (χ4n) is 2.61. The molecule has 0 radical (unpaired) electrons. The Balaban J connectivity index is 1.71. The van der Waals surface area contributed by atoms with Crippen molar-refractivity contribution in [2.45, 2.75) is 38.3 Å². The van der Waals surface area contributed by atoms with Crippen LogP contribution in [-0.4, -0.2) is 36.1 Å². The van der Waals surface area contributed by atoms with E-state index in [0.29, 0.717) is 6.04 Å². The quantitative estimate of drug-likeness (QED) is 0.843. The molecular formula is C12H19N3S. The summed E-state index contributed by atoms with van der Waals surface area (Å²) in [6.45, 7) is 3.46. The third-order valence-corrected chi connectivity index (χ3v) is 4.65. The second kappa shape index (κ2) is 4.43. The predicted molar refractivity (Wildman–Crippen MR) is 66.9 cm³/mol. The smallest absolute Gasteiger partial charge is 0.0947 e. The van der Waals surface area contributed by atoms with Crippen molar-refractivity contribution in [2.24, 2.45) is 0 Å². The Hall–Kier alpha value is -0.450. The van der Waals surface area contributed by atoms with Crippen LogP contribution in [0, 0.1) is 0 Å². The van der Waals surface area contributed by atoms with Crippen molar-refractivity contribution in [1.29, 1.82) is 0 Å². The van der Waals surface area contributed by atoms with E-state index in [2.05, 4.69) is 17.3 Å². The van der Waals surface area contributed by atoms with E-state index in [9.17, 15) is 0 Å². The molecule has 3 nitrogen and oxygen atoms in total. The maximum Gasteiger partial charge on any atom is 0.0947 e. The van der Waals surface area contributed by atoms with Crippen molar-refractivity contribution in [2.75, 3.05) is 20.1 Å². The molecule has 0 saturated carbocycles. The molecule has 1 aromatic rings. The Morgan fingerprint density at radius 2 is 2.50 bits per heavy atom. The van der Waals surface area contributed by atoms with Gasteiger partial charge in [0.2, 0.25) is 0 Å². The zero-order valence-corrected chi connectivity index (χ0v) is 10.6. The van der Waals surface area contributed by atoms with Gasteiger partial charge in [-0.05, 0) is 26.4 Å². The zero-order valence-electron chi connectivity index (χ0n) is 9.83. The fourth-order valence-corrected chi connectivity index (χ4v) is 3.88. The molecule has 0 amide bonds. The fraction of sp³-hybridized carbons (Fsp3) is 0.750. The first-order chi connectivity index (χ1) is 7.81. The summed E-state index contributed by atoms with van der Waals surface area (Å²) in [5, 5.41) is 4.90. The summed E-state index contributed by atoms with van der Waals surface area (Å²) in [4.78, 5) is 8.69. The molecule has 3 heterocycles. The Kier molecular flexibility index (Phi) is 2.96. The van der Waals surface area contributed by atoms with Crippen LogP contribution in [0.2, 0.25) is 0 Å². The summed E-state index contributed by atoms with van der Waals surface area (Å²) in [5.41, 5.74) is 1.37. The van der Waals surface area contributed by atoms with Crippen LogP contribution in [0.3, 0.4) is 0 Å². The second-order valence-corrected chi connectivity index (χ2v) is 6.13. The molecule has 2 aliphatic heterocycles. The van der Waals surface area contributed by atoms with Gasteiger partial charge < -0.3 is 10.2 Å². The van der Waals surface area contributed by atoms with Crippen LogP contribution in [-0.2, 0) is 19.4 Å². The van der Waals surface area contributed by atoms with E-state index in [1.807, 2.05) is 11.3 Å². The summed E-state index contributed by atoms with van der Waals surface area (Å²) in [5.74, 6) is 0. The first-order valence-electron chi connectivity index (χ1n) is 6.20. The van der Waals surface area contributed by atoms with Crippen molar-refractivity contribution in [3.63, 3.8) is 0 Å². The molecule has 1 unspecified atom stereocenters. The van der Waals surface area contributed by atoms with Crippen molar-refractivity contribution in [1.82, 2.24) is 15.2 Å². The first kappa shape index (κ1) is 10.7.